The summed E-state index contributed by atoms with van der Waals surface area (Å²) >= 11 is 0. The van der Waals surface area contributed by atoms with Gasteiger partial charge in [-0.05, 0) is 96.7 Å². The summed E-state index contributed by atoms with van der Waals surface area (Å²) in [5, 5.41) is 18.5. The molecule has 0 radical (unpaired) electrons. The number of carbonyl (C=O) groups is 1. The van der Waals surface area contributed by atoms with E-state index in [2.05, 4.69) is 92.0 Å². The summed E-state index contributed by atoms with van der Waals surface area (Å²) in [5.41, 5.74) is 11.2. The van der Waals surface area contributed by atoms with Gasteiger partial charge in [-0.15, -0.1) is 0 Å². The zero-order valence-corrected chi connectivity index (χ0v) is 25.9. The maximum absolute atomic E-state index is 10.8. The molecule has 3 aromatic carbocycles. The third kappa shape index (κ3) is 8.20. The molecule has 0 spiro atoms. The number of nitrogens with zero attached hydrogens (tertiary/aromatic N) is 4. The fourth-order valence-corrected chi connectivity index (χ4v) is 5.50. The second-order valence-corrected chi connectivity index (χ2v) is 11.6. The van der Waals surface area contributed by atoms with Crippen LogP contribution in [0.3, 0.4) is 0 Å². The molecule has 0 saturated carbocycles. The van der Waals surface area contributed by atoms with Crippen LogP contribution < -0.4 is 9.64 Å². The largest absolute Gasteiger partial charge is 0.490 e. The molecule has 1 N–H and O–H groups in total. The second-order valence-electron chi connectivity index (χ2n) is 11.6. The fraction of sp³-hybridized carbons (Fsp3) is 0.333. The molecule has 0 amide bonds. The van der Waals surface area contributed by atoms with E-state index in [4.69, 9.17) is 9.84 Å². The van der Waals surface area contributed by atoms with Crippen molar-refractivity contribution >= 4 is 11.9 Å². The first-order valence-corrected chi connectivity index (χ1v) is 14.7. The molecule has 0 bridgehead atoms. The van der Waals surface area contributed by atoms with Crippen LogP contribution in [-0.2, 0) is 17.9 Å². The van der Waals surface area contributed by atoms with Gasteiger partial charge in [-0.25, -0.2) is 9.97 Å². The predicted octanol–water partition coefficient (Wildman–Crippen LogP) is 7.82. The molecule has 4 aromatic rings. The normalized spacial score (nSPS) is 10.9. The number of carboxylic acids is 1. The molecule has 0 atom stereocenters. The summed E-state index contributed by atoms with van der Waals surface area (Å²) in [6, 6.07) is 19.4. The zero-order valence-electron chi connectivity index (χ0n) is 25.9. The Balaban J connectivity index is 1.73. The molecule has 0 aliphatic rings. The van der Waals surface area contributed by atoms with Gasteiger partial charge in [0.1, 0.15) is 0 Å². The number of benzene rings is 3. The standard InChI is InChI=1S/C36H40N4O3/c1-23(2)33-17-34(27(6)15-26(33)5)32-10-9-24(3)14-30(32)22-40(21-29-13-25(4)12-28(16-29)18-37)36-38-19-31(20-39-36)43-11-7-8-35(41)42/h9-10,12-17,19-20,23H,7-8,11,21-22H2,1-6H3,(H,41,42). The Hall–Kier alpha value is -4.70. The Morgan fingerprint density at radius 1 is 0.930 bits per heavy atom. The van der Waals surface area contributed by atoms with Gasteiger partial charge in [-0.3, -0.25) is 4.79 Å². The van der Waals surface area contributed by atoms with E-state index in [1.165, 1.54) is 33.4 Å². The number of aryl methyl sites for hydroxylation is 4. The van der Waals surface area contributed by atoms with E-state index in [1.807, 2.05) is 19.1 Å². The molecule has 0 unspecified atom stereocenters. The maximum Gasteiger partial charge on any atom is 0.303 e. The van der Waals surface area contributed by atoms with Crippen molar-refractivity contribution in [1.82, 2.24) is 9.97 Å². The summed E-state index contributed by atoms with van der Waals surface area (Å²) in [6.45, 7) is 14.2. The number of ether oxygens (including phenoxy) is 1. The van der Waals surface area contributed by atoms with E-state index in [0.29, 0.717) is 42.7 Å². The van der Waals surface area contributed by atoms with Crippen LogP contribution in [0.1, 0.15) is 77.1 Å². The average Bonchev–Trinajstić information content (AvgIpc) is 2.95. The van der Waals surface area contributed by atoms with E-state index in [9.17, 15) is 10.1 Å². The lowest BCUT2D eigenvalue weighted by Crippen LogP contribution is -2.25. The van der Waals surface area contributed by atoms with E-state index >= 15 is 0 Å². The van der Waals surface area contributed by atoms with Crippen molar-refractivity contribution < 1.29 is 14.6 Å². The first-order chi connectivity index (χ1) is 20.5. The van der Waals surface area contributed by atoms with Crippen molar-refractivity contribution in [2.75, 3.05) is 11.5 Å². The van der Waals surface area contributed by atoms with Crippen LogP contribution in [0.25, 0.3) is 11.1 Å². The Kier molecular flexibility index (Phi) is 10.2. The van der Waals surface area contributed by atoms with Gasteiger partial charge >= 0.3 is 5.97 Å². The smallest absolute Gasteiger partial charge is 0.303 e. The third-order valence-electron chi connectivity index (χ3n) is 7.49. The summed E-state index contributed by atoms with van der Waals surface area (Å²) in [4.78, 5) is 22.2. The molecule has 0 fully saturated rings. The van der Waals surface area contributed by atoms with Crippen LogP contribution in [0.15, 0.2) is 60.9 Å². The van der Waals surface area contributed by atoms with Crippen molar-refractivity contribution in [3.63, 3.8) is 0 Å². The molecular formula is C36H40N4O3. The summed E-state index contributed by atoms with van der Waals surface area (Å²) in [5.74, 6) is 0.593. The van der Waals surface area contributed by atoms with Gasteiger partial charge in [0, 0.05) is 19.5 Å². The Morgan fingerprint density at radius 2 is 1.67 bits per heavy atom. The minimum absolute atomic E-state index is 0.0475. The summed E-state index contributed by atoms with van der Waals surface area (Å²) < 4.78 is 5.68. The van der Waals surface area contributed by atoms with E-state index in [-0.39, 0.29) is 13.0 Å². The molecule has 222 valence electrons. The van der Waals surface area contributed by atoms with Crippen LogP contribution in [0.4, 0.5) is 5.95 Å². The van der Waals surface area contributed by atoms with Gasteiger partial charge in [0.2, 0.25) is 5.95 Å². The third-order valence-corrected chi connectivity index (χ3v) is 7.49. The maximum atomic E-state index is 10.8. The van der Waals surface area contributed by atoms with Crippen LogP contribution in [0, 0.1) is 39.0 Å². The Morgan fingerprint density at radius 3 is 2.35 bits per heavy atom. The van der Waals surface area contributed by atoms with Crippen LogP contribution in [0.5, 0.6) is 5.75 Å². The molecule has 43 heavy (non-hydrogen) atoms. The van der Waals surface area contributed by atoms with Crippen molar-refractivity contribution in [3.05, 3.63) is 105 Å². The van der Waals surface area contributed by atoms with Crippen LogP contribution >= 0.6 is 0 Å². The number of hydrogen-bond acceptors (Lipinski definition) is 6. The SMILES string of the molecule is Cc1cc(C#N)cc(CN(Cc2cc(C)ccc2-c2cc(C(C)C)c(C)cc2C)c2ncc(OCCCC(=O)O)cn2)c1. The van der Waals surface area contributed by atoms with Gasteiger partial charge in [-0.1, -0.05) is 55.8 Å². The molecule has 1 heterocycles. The van der Waals surface area contributed by atoms with Crippen molar-refractivity contribution in [1.29, 1.82) is 5.26 Å². The Bertz CT molecular complexity index is 1640. The minimum atomic E-state index is -0.849. The average molecular weight is 577 g/mol. The van der Waals surface area contributed by atoms with Crippen molar-refractivity contribution in [2.24, 2.45) is 0 Å². The van der Waals surface area contributed by atoms with Gasteiger partial charge in [0.05, 0.1) is 30.6 Å². The van der Waals surface area contributed by atoms with Gasteiger partial charge < -0.3 is 14.7 Å². The van der Waals surface area contributed by atoms with E-state index < -0.39 is 5.97 Å². The lowest BCUT2D eigenvalue weighted by molar-refractivity contribution is -0.137. The first kappa shape index (κ1) is 31.2. The number of aromatic nitrogens is 2. The zero-order chi connectivity index (χ0) is 31.1. The van der Waals surface area contributed by atoms with Crippen molar-refractivity contribution in [2.45, 2.75) is 73.4 Å². The Labute approximate surface area is 254 Å². The second kappa shape index (κ2) is 14.0. The molecule has 4 rings (SSSR count). The van der Waals surface area contributed by atoms with Crippen LogP contribution in [-0.4, -0.2) is 27.7 Å². The van der Waals surface area contributed by atoms with Crippen molar-refractivity contribution in [3.8, 4) is 22.9 Å². The molecule has 1 aromatic heterocycles. The molecule has 7 nitrogen and oxygen atoms in total. The number of anilines is 1. The lowest BCUT2D eigenvalue weighted by Gasteiger charge is -2.26. The van der Waals surface area contributed by atoms with E-state index in [1.54, 1.807) is 12.4 Å². The topological polar surface area (TPSA) is 99.3 Å². The van der Waals surface area contributed by atoms with E-state index in [0.717, 1.165) is 16.7 Å². The van der Waals surface area contributed by atoms with Gasteiger partial charge in [0.25, 0.3) is 0 Å². The molecule has 0 aliphatic carbocycles. The highest BCUT2D eigenvalue weighted by atomic mass is 16.5. The molecule has 0 saturated heterocycles. The highest BCUT2D eigenvalue weighted by Gasteiger charge is 2.18. The summed E-state index contributed by atoms with van der Waals surface area (Å²) in [7, 11) is 0. The van der Waals surface area contributed by atoms with Gasteiger partial charge in [-0.2, -0.15) is 5.26 Å². The molecule has 7 heteroatoms. The highest BCUT2D eigenvalue weighted by Crippen LogP contribution is 2.34. The predicted molar refractivity (Wildman–Crippen MR) is 170 cm³/mol. The molecule has 0 aliphatic heterocycles. The van der Waals surface area contributed by atoms with Crippen LogP contribution in [0.2, 0.25) is 0 Å². The quantitative estimate of drug-likeness (QED) is 0.172. The number of carboxylic acid groups (broad SMARTS) is 1. The first-order valence-electron chi connectivity index (χ1n) is 14.7. The monoisotopic (exact) mass is 576 g/mol. The fourth-order valence-electron chi connectivity index (χ4n) is 5.50. The number of nitriles is 1. The van der Waals surface area contributed by atoms with Gasteiger partial charge in [0.15, 0.2) is 5.75 Å². The number of hydrogen-bond donors (Lipinski definition) is 1. The highest BCUT2D eigenvalue weighted by molar-refractivity contribution is 5.73. The number of rotatable bonds is 12. The lowest BCUT2D eigenvalue weighted by atomic mass is 9.88. The summed E-state index contributed by atoms with van der Waals surface area (Å²) in [6.07, 6.45) is 3.71. The molecular weight excluding hydrogens is 536 g/mol. The minimum Gasteiger partial charge on any atom is -0.490 e. The number of aliphatic carboxylic acids is 1.